The minimum absolute atomic E-state index is 0.549. The average molecular weight is 272 g/mol. The molecule has 0 unspecified atom stereocenters. The molecule has 1 aromatic carbocycles. The second kappa shape index (κ2) is 6.91. The summed E-state index contributed by atoms with van der Waals surface area (Å²) in [6, 6.07) is 9.74. The van der Waals surface area contributed by atoms with Crippen LogP contribution in [0.5, 0.6) is 17.4 Å². The first-order valence-electron chi connectivity index (χ1n) is 6.76. The topological polar surface area (TPSA) is 57.4 Å². The summed E-state index contributed by atoms with van der Waals surface area (Å²) in [4.78, 5) is 4.28. The lowest BCUT2D eigenvalue weighted by Gasteiger charge is -2.11. The van der Waals surface area contributed by atoms with Gasteiger partial charge in [-0.05, 0) is 42.6 Å². The Morgan fingerprint density at radius 3 is 2.50 bits per heavy atom. The molecule has 0 aliphatic carbocycles. The van der Waals surface area contributed by atoms with E-state index in [-0.39, 0.29) is 0 Å². The third kappa shape index (κ3) is 3.48. The standard InChI is InChI=1S/C16H20N2O2/c1-3-12-4-6-14(15(10-12)19-2)20-16-7-5-13(8-9-17)11-18-16/h4-7,10-11H,3,8-9,17H2,1-2H3. The minimum atomic E-state index is 0.549. The maximum absolute atomic E-state index is 5.77. The molecule has 0 saturated carbocycles. The number of aryl methyl sites for hydroxylation is 1. The normalized spacial score (nSPS) is 10.3. The number of hydrogen-bond acceptors (Lipinski definition) is 4. The Kier molecular flexibility index (Phi) is 4.96. The van der Waals surface area contributed by atoms with Gasteiger partial charge in [-0.15, -0.1) is 0 Å². The smallest absolute Gasteiger partial charge is 0.219 e. The Labute approximate surface area is 119 Å². The fourth-order valence-corrected chi connectivity index (χ4v) is 1.91. The molecule has 2 rings (SSSR count). The van der Waals surface area contributed by atoms with Crippen LogP contribution in [0.2, 0.25) is 0 Å². The van der Waals surface area contributed by atoms with Crippen molar-refractivity contribution < 1.29 is 9.47 Å². The average Bonchev–Trinajstić information content (AvgIpc) is 2.50. The molecule has 0 saturated heterocycles. The van der Waals surface area contributed by atoms with Gasteiger partial charge in [0, 0.05) is 12.3 Å². The summed E-state index contributed by atoms with van der Waals surface area (Å²) >= 11 is 0. The molecule has 2 N–H and O–H groups in total. The molecule has 2 aromatic rings. The molecule has 0 fully saturated rings. The van der Waals surface area contributed by atoms with E-state index in [1.54, 1.807) is 13.3 Å². The Morgan fingerprint density at radius 1 is 1.10 bits per heavy atom. The zero-order valence-electron chi connectivity index (χ0n) is 11.9. The molecule has 0 radical (unpaired) electrons. The van der Waals surface area contributed by atoms with Crippen molar-refractivity contribution in [2.75, 3.05) is 13.7 Å². The zero-order chi connectivity index (χ0) is 14.4. The summed E-state index contributed by atoms with van der Waals surface area (Å²) in [5.41, 5.74) is 7.83. The summed E-state index contributed by atoms with van der Waals surface area (Å²) < 4.78 is 11.1. The Bertz CT molecular complexity index is 553. The SMILES string of the molecule is CCc1ccc(Oc2ccc(CCN)cn2)c(OC)c1. The molecule has 1 aromatic heterocycles. The van der Waals surface area contributed by atoms with Gasteiger partial charge >= 0.3 is 0 Å². The fraction of sp³-hybridized carbons (Fsp3) is 0.312. The molecule has 0 aliphatic heterocycles. The lowest BCUT2D eigenvalue weighted by atomic mass is 10.1. The van der Waals surface area contributed by atoms with E-state index in [2.05, 4.69) is 11.9 Å². The largest absolute Gasteiger partial charge is 0.493 e. The second-order valence-corrected chi connectivity index (χ2v) is 4.48. The lowest BCUT2D eigenvalue weighted by molar-refractivity contribution is 0.373. The number of hydrogen-bond donors (Lipinski definition) is 1. The number of methoxy groups -OCH3 is 1. The van der Waals surface area contributed by atoms with Crippen LogP contribution in [0, 0.1) is 0 Å². The number of nitrogens with zero attached hydrogens (tertiary/aromatic N) is 1. The molecule has 0 atom stereocenters. The highest BCUT2D eigenvalue weighted by Crippen LogP contribution is 2.31. The van der Waals surface area contributed by atoms with E-state index < -0.39 is 0 Å². The van der Waals surface area contributed by atoms with E-state index in [1.807, 2.05) is 30.3 Å². The van der Waals surface area contributed by atoms with Crippen LogP contribution in [-0.2, 0) is 12.8 Å². The maximum atomic E-state index is 5.77. The van der Waals surface area contributed by atoms with Gasteiger partial charge in [0.15, 0.2) is 11.5 Å². The molecule has 4 heteroatoms. The van der Waals surface area contributed by atoms with Crippen molar-refractivity contribution in [3.8, 4) is 17.4 Å². The highest BCUT2D eigenvalue weighted by molar-refractivity contribution is 5.44. The minimum Gasteiger partial charge on any atom is -0.493 e. The van der Waals surface area contributed by atoms with E-state index in [1.165, 1.54) is 5.56 Å². The van der Waals surface area contributed by atoms with Crippen molar-refractivity contribution in [3.05, 3.63) is 47.7 Å². The van der Waals surface area contributed by atoms with Gasteiger partial charge in [-0.25, -0.2) is 4.98 Å². The zero-order valence-corrected chi connectivity index (χ0v) is 11.9. The number of rotatable bonds is 6. The van der Waals surface area contributed by atoms with Gasteiger partial charge in [0.2, 0.25) is 5.88 Å². The number of ether oxygens (including phenoxy) is 2. The van der Waals surface area contributed by atoms with Gasteiger partial charge in [-0.3, -0.25) is 0 Å². The van der Waals surface area contributed by atoms with E-state index in [9.17, 15) is 0 Å². The van der Waals surface area contributed by atoms with Crippen LogP contribution in [0.25, 0.3) is 0 Å². The molecular formula is C16H20N2O2. The van der Waals surface area contributed by atoms with Gasteiger partial charge in [0.25, 0.3) is 0 Å². The molecule has 20 heavy (non-hydrogen) atoms. The number of benzene rings is 1. The predicted molar refractivity (Wildman–Crippen MR) is 79.4 cm³/mol. The third-order valence-electron chi connectivity index (χ3n) is 3.08. The maximum Gasteiger partial charge on any atom is 0.219 e. The first-order valence-corrected chi connectivity index (χ1v) is 6.76. The van der Waals surface area contributed by atoms with Gasteiger partial charge in [0.1, 0.15) is 0 Å². The first kappa shape index (κ1) is 14.3. The van der Waals surface area contributed by atoms with Crippen molar-refractivity contribution in [1.29, 1.82) is 0 Å². The number of aromatic nitrogens is 1. The van der Waals surface area contributed by atoms with Gasteiger partial charge in [-0.2, -0.15) is 0 Å². The van der Waals surface area contributed by atoms with Crippen LogP contribution in [0.15, 0.2) is 36.5 Å². The molecule has 0 aliphatic rings. The van der Waals surface area contributed by atoms with Crippen LogP contribution in [0.1, 0.15) is 18.1 Å². The Morgan fingerprint density at radius 2 is 1.90 bits per heavy atom. The molecule has 0 spiro atoms. The van der Waals surface area contributed by atoms with E-state index in [0.29, 0.717) is 18.2 Å². The third-order valence-corrected chi connectivity index (χ3v) is 3.08. The summed E-state index contributed by atoms with van der Waals surface area (Å²) in [5.74, 6) is 1.94. The molecule has 0 bridgehead atoms. The second-order valence-electron chi connectivity index (χ2n) is 4.48. The summed E-state index contributed by atoms with van der Waals surface area (Å²) in [7, 11) is 1.64. The molecule has 4 nitrogen and oxygen atoms in total. The summed E-state index contributed by atoms with van der Waals surface area (Å²) in [6.07, 6.45) is 3.57. The van der Waals surface area contributed by atoms with Crippen LogP contribution >= 0.6 is 0 Å². The predicted octanol–water partition coefficient (Wildman–Crippen LogP) is 2.95. The molecule has 1 heterocycles. The van der Waals surface area contributed by atoms with Gasteiger partial charge in [-0.1, -0.05) is 19.1 Å². The van der Waals surface area contributed by atoms with Crippen LogP contribution in [0.3, 0.4) is 0 Å². The first-order chi connectivity index (χ1) is 9.76. The fourth-order valence-electron chi connectivity index (χ4n) is 1.91. The van der Waals surface area contributed by atoms with Crippen molar-refractivity contribution in [1.82, 2.24) is 4.98 Å². The van der Waals surface area contributed by atoms with Crippen molar-refractivity contribution in [3.63, 3.8) is 0 Å². The number of nitrogens with two attached hydrogens (primary N) is 1. The van der Waals surface area contributed by atoms with E-state index >= 15 is 0 Å². The highest BCUT2D eigenvalue weighted by Gasteiger charge is 2.07. The molecule has 106 valence electrons. The van der Waals surface area contributed by atoms with Crippen molar-refractivity contribution in [2.45, 2.75) is 19.8 Å². The van der Waals surface area contributed by atoms with Crippen LogP contribution in [0.4, 0.5) is 0 Å². The van der Waals surface area contributed by atoms with Crippen molar-refractivity contribution >= 4 is 0 Å². The molecule has 0 amide bonds. The van der Waals surface area contributed by atoms with Crippen molar-refractivity contribution in [2.24, 2.45) is 5.73 Å². The van der Waals surface area contributed by atoms with E-state index in [4.69, 9.17) is 15.2 Å². The van der Waals surface area contributed by atoms with Crippen LogP contribution < -0.4 is 15.2 Å². The molecular weight excluding hydrogens is 252 g/mol. The monoisotopic (exact) mass is 272 g/mol. The highest BCUT2D eigenvalue weighted by atomic mass is 16.5. The Hall–Kier alpha value is -2.07. The Balaban J connectivity index is 2.16. The quantitative estimate of drug-likeness (QED) is 0.878. The van der Waals surface area contributed by atoms with Gasteiger partial charge in [0.05, 0.1) is 7.11 Å². The summed E-state index contributed by atoms with van der Waals surface area (Å²) in [6.45, 7) is 2.72. The number of pyridine rings is 1. The summed E-state index contributed by atoms with van der Waals surface area (Å²) in [5, 5.41) is 0. The lowest BCUT2D eigenvalue weighted by Crippen LogP contribution is -2.03. The van der Waals surface area contributed by atoms with Crippen LogP contribution in [-0.4, -0.2) is 18.6 Å². The van der Waals surface area contributed by atoms with E-state index in [0.717, 1.165) is 24.2 Å². The van der Waals surface area contributed by atoms with Gasteiger partial charge < -0.3 is 15.2 Å².